The predicted molar refractivity (Wildman–Crippen MR) is 97.5 cm³/mol. The quantitative estimate of drug-likeness (QED) is 0.0833. The Morgan fingerprint density at radius 2 is 2.21 bits per heavy atom. The fourth-order valence-corrected chi connectivity index (χ4v) is 3.65. The number of β-lactam (4-membered cyclic amide) rings is 1. The molecule has 1 aliphatic heterocycles. The van der Waals surface area contributed by atoms with Crippen LogP contribution in [0.3, 0.4) is 0 Å². The van der Waals surface area contributed by atoms with Gasteiger partial charge in [-0.1, -0.05) is 11.1 Å². The Morgan fingerprint density at radius 3 is 2.72 bits per heavy atom. The number of carbonyl (C=O) groups is 3. The van der Waals surface area contributed by atoms with Crippen molar-refractivity contribution in [3.63, 3.8) is 0 Å². The van der Waals surface area contributed by atoms with Gasteiger partial charge in [-0.3, -0.25) is 14.1 Å². The summed E-state index contributed by atoms with van der Waals surface area (Å²) in [5.41, 5.74) is 9.94. The summed E-state index contributed by atoms with van der Waals surface area (Å²) in [5, 5.41) is 7.25. The molecule has 0 bridgehead atoms. The molecule has 156 valence electrons. The van der Waals surface area contributed by atoms with E-state index in [1.807, 2.05) is 0 Å². The molecule has 0 aliphatic carbocycles. The molecule has 1 aromatic heterocycles. The van der Waals surface area contributed by atoms with Crippen LogP contribution in [0.25, 0.3) is 0 Å². The number of hydrogen-bond acceptors (Lipinski definition) is 11. The molecule has 1 fully saturated rings. The van der Waals surface area contributed by atoms with E-state index in [9.17, 15) is 22.8 Å². The van der Waals surface area contributed by atoms with Gasteiger partial charge in [0, 0.05) is 5.38 Å². The molecule has 14 nitrogen and oxygen atoms in total. The summed E-state index contributed by atoms with van der Waals surface area (Å²) < 4.78 is 36.3. The lowest BCUT2D eigenvalue weighted by Gasteiger charge is -2.43. The summed E-state index contributed by atoms with van der Waals surface area (Å²) in [7, 11) is -4.97. The zero-order chi connectivity index (χ0) is 21.8. The van der Waals surface area contributed by atoms with E-state index in [1.54, 1.807) is 0 Å². The zero-order valence-electron chi connectivity index (χ0n) is 14.3. The van der Waals surface area contributed by atoms with Gasteiger partial charge in [-0.15, -0.1) is 17.8 Å². The molecule has 0 unspecified atom stereocenters. The van der Waals surface area contributed by atoms with Crippen LogP contribution in [0.5, 0.6) is 0 Å². The summed E-state index contributed by atoms with van der Waals surface area (Å²) in [5.74, 6) is -0.0490. The second kappa shape index (κ2) is 8.72. The van der Waals surface area contributed by atoms with E-state index in [4.69, 9.17) is 27.3 Å². The molecule has 2 rings (SSSR count). The lowest BCUT2D eigenvalue weighted by molar-refractivity contribution is -0.146. The van der Waals surface area contributed by atoms with Crippen LogP contribution in [0.4, 0.5) is 9.93 Å². The van der Waals surface area contributed by atoms with Crippen molar-refractivity contribution in [3.05, 3.63) is 11.1 Å². The number of terminal acetylenes is 1. The molecule has 0 saturated carbocycles. The van der Waals surface area contributed by atoms with Crippen LogP contribution < -0.4 is 16.8 Å². The Kier molecular flexibility index (Phi) is 6.58. The highest BCUT2D eigenvalue weighted by molar-refractivity contribution is 7.84. The molecule has 2 heterocycles. The third-order valence-corrected chi connectivity index (χ3v) is 5.01. The highest BCUT2D eigenvalue weighted by Crippen LogP contribution is 2.24. The maximum atomic E-state index is 12.6. The molecular formula is C13H14N6O8S2. The van der Waals surface area contributed by atoms with E-state index in [-0.39, 0.29) is 21.7 Å². The minimum atomic E-state index is -4.97. The number of oxime groups is 1. The molecule has 0 spiro atoms. The summed E-state index contributed by atoms with van der Waals surface area (Å²) >= 11 is 0.995. The van der Waals surface area contributed by atoms with Crippen LogP contribution in [-0.4, -0.2) is 71.2 Å². The number of thiazole rings is 1. The minimum absolute atomic E-state index is 0.00497. The van der Waals surface area contributed by atoms with Crippen molar-refractivity contribution in [2.45, 2.75) is 12.1 Å². The lowest BCUT2D eigenvalue weighted by Crippen LogP contribution is -2.73. The number of nitrogens with two attached hydrogens (primary N) is 2. The summed E-state index contributed by atoms with van der Waals surface area (Å²) in [6, 6.07) is -2.93. The number of nitrogens with zero attached hydrogens (tertiary/aromatic N) is 3. The van der Waals surface area contributed by atoms with Gasteiger partial charge in [0.15, 0.2) is 17.5 Å². The van der Waals surface area contributed by atoms with Gasteiger partial charge in [-0.25, -0.2) is 14.1 Å². The van der Waals surface area contributed by atoms with Gasteiger partial charge in [0.05, 0.1) is 0 Å². The number of aromatic nitrogens is 1. The first-order chi connectivity index (χ1) is 13.6. The topological polar surface area (TPSA) is 217 Å². The van der Waals surface area contributed by atoms with Crippen LogP contribution >= 0.6 is 11.3 Å². The third kappa shape index (κ3) is 5.10. The Bertz CT molecular complexity index is 997. The van der Waals surface area contributed by atoms with Gasteiger partial charge in [0.1, 0.15) is 24.4 Å². The van der Waals surface area contributed by atoms with E-state index in [1.165, 1.54) is 5.38 Å². The number of amides is 3. The maximum absolute atomic E-state index is 12.6. The minimum Gasteiger partial charge on any atom is -0.447 e. The fourth-order valence-electron chi connectivity index (χ4n) is 2.24. The average molecular weight is 446 g/mol. The summed E-state index contributed by atoms with van der Waals surface area (Å²) in [6.07, 6.45) is 3.78. The molecule has 29 heavy (non-hydrogen) atoms. The van der Waals surface area contributed by atoms with Crippen LogP contribution in [0.15, 0.2) is 10.5 Å². The van der Waals surface area contributed by atoms with Crippen LogP contribution in [-0.2, 0) is 29.5 Å². The number of nitrogen functional groups attached to an aromatic ring is 1. The first kappa shape index (κ1) is 21.9. The first-order valence-electron chi connectivity index (χ1n) is 7.44. The third-order valence-electron chi connectivity index (χ3n) is 3.38. The summed E-state index contributed by atoms with van der Waals surface area (Å²) in [6.45, 7) is -0.986. The fraction of sp³-hybridized carbons (Fsp3) is 0.308. The average Bonchev–Trinajstić information content (AvgIpc) is 3.04. The van der Waals surface area contributed by atoms with E-state index < -0.39 is 52.6 Å². The van der Waals surface area contributed by atoms with Gasteiger partial charge < -0.3 is 26.4 Å². The molecule has 16 heteroatoms. The molecule has 0 radical (unpaired) electrons. The van der Waals surface area contributed by atoms with Crippen molar-refractivity contribution in [1.82, 2.24) is 14.6 Å². The van der Waals surface area contributed by atoms with Gasteiger partial charge in [0.25, 0.3) is 11.8 Å². The molecule has 1 aliphatic rings. The molecule has 0 aromatic carbocycles. The van der Waals surface area contributed by atoms with Crippen molar-refractivity contribution in [3.8, 4) is 12.3 Å². The monoisotopic (exact) mass is 446 g/mol. The Labute approximate surface area is 167 Å². The van der Waals surface area contributed by atoms with E-state index >= 15 is 0 Å². The highest BCUT2D eigenvalue weighted by atomic mass is 32.2. The second-order valence-corrected chi connectivity index (χ2v) is 7.43. The molecule has 3 amide bonds. The van der Waals surface area contributed by atoms with E-state index in [0.29, 0.717) is 0 Å². The number of nitrogens with one attached hydrogen (secondary N) is 1. The standard InChI is InChI=1S/C13H14N6O8S2/c1-2-3-27-18-8(6-5-28-12(14)16-6)10(20)17-9-7(4-26-13(15)22)19(11(9)21)29(23,24)25/h1,5,7,9H,3-4H2,(H2,14,16)(H2,15,22)(H,17,20)(H,23,24,25)/t7-,9+/m1/s1. The Morgan fingerprint density at radius 1 is 1.52 bits per heavy atom. The normalized spacial score (nSPS) is 19.1. The molecule has 2 atom stereocenters. The zero-order valence-corrected chi connectivity index (χ0v) is 16.0. The summed E-state index contributed by atoms with van der Waals surface area (Å²) in [4.78, 5) is 44.1. The SMILES string of the molecule is C#CCON=C(C(=O)N[C@@H]1C(=O)N(S(=O)(=O)O)[C@@H]1COC(N)=O)c1csc(N)n1. The molecule has 1 aromatic rings. The number of anilines is 1. The largest absolute Gasteiger partial charge is 0.447 e. The molecular weight excluding hydrogens is 432 g/mol. The van der Waals surface area contributed by atoms with Crippen molar-refractivity contribution >= 4 is 50.4 Å². The molecule has 1 saturated heterocycles. The maximum Gasteiger partial charge on any atom is 0.404 e. The highest BCUT2D eigenvalue weighted by Gasteiger charge is 2.54. The smallest absolute Gasteiger partial charge is 0.404 e. The Balaban J connectivity index is 2.24. The van der Waals surface area contributed by atoms with Crippen molar-refractivity contribution in [1.29, 1.82) is 0 Å². The van der Waals surface area contributed by atoms with Crippen LogP contribution in [0.1, 0.15) is 5.69 Å². The number of primary amides is 1. The Hall–Kier alpha value is -3.42. The number of hydrogen-bond donors (Lipinski definition) is 4. The van der Waals surface area contributed by atoms with Crippen LogP contribution in [0, 0.1) is 12.3 Å². The molecule has 6 N–H and O–H groups in total. The van der Waals surface area contributed by atoms with Crippen molar-refractivity contribution in [2.75, 3.05) is 18.9 Å². The van der Waals surface area contributed by atoms with Gasteiger partial charge in [-0.2, -0.15) is 8.42 Å². The van der Waals surface area contributed by atoms with Gasteiger partial charge in [-0.05, 0) is 0 Å². The van der Waals surface area contributed by atoms with Gasteiger partial charge in [0.2, 0.25) is 0 Å². The lowest BCUT2D eigenvalue weighted by atomic mass is 9.99. The number of ether oxygens (including phenoxy) is 1. The van der Waals surface area contributed by atoms with Crippen molar-refractivity contribution < 1.29 is 36.9 Å². The number of rotatable bonds is 8. The van der Waals surface area contributed by atoms with Crippen molar-refractivity contribution in [2.24, 2.45) is 10.9 Å². The van der Waals surface area contributed by atoms with Crippen LogP contribution in [0.2, 0.25) is 0 Å². The van der Waals surface area contributed by atoms with E-state index in [2.05, 4.69) is 26.1 Å². The predicted octanol–water partition coefficient (Wildman–Crippen LogP) is -2.33. The number of carbonyl (C=O) groups excluding carboxylic acids is 3. The first-order valence-corrected chi connectivity index (χ1v) is 9.72. The van der Waals surface area contributed by atoms with Gasteiger partial charge >= 0.3 is 16.4 Å². The second-order valence-electron chi connectivity index (χ2n) is 5.25. The van der Waals surface area contributed by atoms with E-state index in [0.717, 1.165) is 11.3 Å².